The van der Waals surface area contributed by atoms with E-state index in [-0.39, 0.29) is 6.61 Å². The summed E-state index contributed by atoms with van der Waals surface area (Å²) in [6, 6.07) is 0. The molecule has 15 heavy (non-hydrogen) atoms. The molecule has 3 N–H and O–H groups in total. The summed E-state index contributed by atoms with van der Waals surface area (Å²) in [5.74, 6) is 0. The number of methoxy groups -OCH3 is 1. The summed E-state index contributed by atoms with van der Waals surface area (Å²) < 4.78 is 15.4. The van der Waals surface area contributed by atoms with Crippen LogP contribution >= 0.6 is 0 Å². The molecule has 5 unspecified atom stereocenters. The van der Waals surface area contributed by atoms with Crippen molar-refractivity contribution >= 4 is 0 Å². The molecule has 90 valence electrons. The SMILES string of the molecule is CCOC1C(OC)OC(CO)C(O)C1O. The largest absolute Gasteiger partial charge is 0.394 e. The number of aliphatic hydroxyl groups excluding tert-OH is 3. The number of hydrogen-bond acceptors (Lipinski definition) is 6. The van der Waals surface area contributed by atoms with Gasteiger partial charge in [0.15, 0.2) is 6.29 Å². The minimum atomic E-state index is -1.17. The zero-order valence-corrected chi connectivity index (χ0v) is 8.87. The van der Waals surface area contributed by atoms with E-state index in [9.17, 15) is 10.2 Å². The molecule has 0 saturated carbocycles. The molecular formula is C9H18O6. The molecule has 0 bridgehead atoms. The first kappa shape index (κ1) is 12.8. The minimum absolute atomic E-state index is 0.376. The van der Waals surface area contributed by atoms with Crippen LogP contribution in [0.2, 0.25) is 0 Å². The highest BCUT2D eigenvalue weighted by molar-refractivity contribution is 4.89. The Labute approximate surface area is 88.4 Å². The van der Waals surface area contributed by atoms with Crippen molar-refractivity contribution in [1.82, 2.24) is 0 Å². The van der Waals surface area contributed by atoms with Crippen LogP contribution in [0.3, 0.4) is 0 Å². The van der Waals surface area contributed by atoms with Crippen LogP contribution in [0.25, 0.3) is 0 Å². The molecular weight excluding hydrogens is 204 g/mol. The maximum atomic E-state index is 9.73. The van der Waals surface area contributed by atoms with Gasteiger partial charge in [0, 0.05) is 13.7 Å². The summed E-state index contributed by atoms with van der Waals surface area (Å²) in [6.45, 7) is 1.77. The van der Waals surface area contributed by atoms with Crippen LogP contribution in [0.4, 0.5) is 0 Å². The Balaban J connectivity index is 2.70. The number of ether oxygens (including phenoxy) is 3. The summed E-state index contributed by atoms with van der Waals surface area (Å²) in [4.78, 5) is 0. The van der Waals surface area contributed by atoms with Gasteiger partial charge in [0.1, 0.15) is 24.4 Å². The summed E-state index contributed by atoms with van der Waals surface area (Å²) in [7, 11) is 1.41. The van der Waals surface area contributed by atoms with E-state index in [4.69, 9.17) is 19.3 Å². The summed E-state index contributed by atoms with van der Waals surface area (Å²) >= 11 is 0. The molecule has 0 aliphatic carbocycles. The van der Waals surface area contributed by atoms with Gasteiger partial charge in [-0.15, -0.1) is 0 Å². The molecule has 0 aromatic rings. The van der Waals surface area contributed by atoms with E-state index in [0.29, 0.717) is 6.61 Å². The maximum absolute atomic E-state index is 9.73. The Bertz CT molecular complexity index is 185. The molecule has 1 heterocycles. The predicted molar refractivity (Wildman–Crippen MR) is 50.2 cm³/mol. The van der Waals surface area contributed by atoms with E-state index < -0.39 is 30.7 Å². The van der Waals surface area contributed by atoms with Crippen molar-refractivity contribution in [2.45, 2.75) is 37.6 Å². The molecule has 1 saturated heterocycles. The summed E-state index contributed by atoms with van der Waals surface area (Å²) in [5, 5.41) is 28.2. The highest BCUT2D eigenvalue weighted by atomic mass is 16.7. The highest BCUT2D eigenvalue weighted by Gasteiger charge is 2.44. The first-order valence-corrected chi connectivity index (χ1v) is 4.92. The Morgan fingerprint density at radius 2 is 1.93 bits per heavy atom. The van der Waals surface area contributed by atoms with Crippen LogP contribution in [0, 0.1) is 0 Å². The van der Waals surface area contributed by atoms with Gasteiger partial charge in [-0.05, 0) is 6.92 Å². The van der Waals surface area contributed by atoms with Gasteiger partial charge < -0.3 is 29.5 Å². The van der Waals surface area contributed by atoms with Crippen molar-refractivity contribution in [1.29, 1.82) is 0 Å². The van der Waals surface area contributed by atoms with Gasteiger partial charge in [0.2, 0.25) is 0 Å². The van der Waals surface area contributed by atoms with Crippen LogP contribution in [0.15, 0.2) is 0 Å². The van der Waals surface area contributed by atoms with Crippen LogP contribution in [-0.2, 0) is 14.2 Å². The molecule has 0 spiro atoms. The van der Waals surface area contributed by atoms with Crippen molar-refractivity contribution in [2.75, 3.05) is 20.3 Å². The fourth-order valence-corrected chi connectivity index (χ4v) is 1.62. The Morgan fingerprint density at radius 1 is 1.27 bits per heavy atom. The lowest BCUT2D eigenvalue weighted by molar-refractivity contribution is -0.302. The fraction of sp³-hybridized carbons (Fsp3) is 1.00. The highest BCUT2D eigenvalue weighted by Crippen LogP contribution is 2.23. The molecule has 6 heteroatoms. The van der Waals surface area contributed by atoms with Crippen molar-refractivity contribution in [3.05, 3.63) is 0 Å². The number of rotatable bonds is 4. The Hall–Kier alpha value is -0.240. The standard InChI is InChI=1S/C9H18O6/c1-3-14-8-7(12)6(11)5(4-10)15-9(8)13-2/h5-12H,3-4H2,1-2H3. The second-order valence-electron chi connectivity index (χ2n) is 3.36. The smallest absolute Gasteiger partial charge is 0.186 e. The van der Waals surface area contributed by atoms with Gasteiger partial charge >= 0.3 is 0 Å². The van der Waals surface area contributed by atoms with E-state index in [1.54, 1.807) is 6.92 Å². The molecule has 0 radical (unpaired) electrons. The van der Waals surface area contributed by atoms with Crippen LogP contribution in [0.1, 0.15) is 6.92 Å². The molecule has 0 aromatic carbocycles. The van der Waals surface area contributed by atoms with Gasteiger partial charge in [-0.1, -0.05) is 0 Å². The maximum Gasteiger partial charge on any atom is 0.186 e. The third kappa shape index (κ3) is 2.66. The Kier molecular flexibility index (Phi) is 4.91. The van der Waals surface area contributed by atoms with Crippen molar-refractivity contribution in [2.24, 2.45) is 0 Å². The zero-order valence-electron chi connectivity index (χ0n) is 8.87. The molecule has 6 nitrogen and oxygen atoms in total. The average Bonchev–Trinajstić information content (AvgIpc) is 2.25. The lowest BCUT2D eigenvalue weighted by Gasteiger charge is -2.41. The van der Waals surface area contributed by atoms with Gasteiger partial charge in [0.25, 0.3) is 0 Å². The van der Waals surface area contributed by atoms with Gasteiger partial charge in [0.05, 0.1) is 6.61 Å². The zero-order chi connectivity index (χ0) is 11.4. The molecule has 1 rings (SSSR count). The molecule has 1 aliphatic rings. The fourth-order valence-electron chi connectivity index (χ4n) is 1.62. The van der Waals surface area contributed by atoms with E-state index in [1.807, 2.05) is 0 Å². The molecule has 1 fully saturated rings. The van der Waals surface area contributed by atoms with Gasteiger partial charge in [-0.2, -0.15) is 0 Å². The van der Waals surface area contributed by atoms with Gasteiger partial charge in [-0.3, -0.25) is 0 Å². The first-order valence-electron chi connectivity index (χ1n) is 4.92. The normalized spacial score (nSPS) is 41.8. The molecule has 0 aromatic heterocycles. The Morgan fingerprint density at radius 3 is 2.40 bits per heavy atom. The van der Waals surface area contributed by atoms with E-state index in [1.165, 1.54) is 7.11 Å². The third-order valence-electron chi connectivity index (χ3n) is 2.42. The van der Waals surface area contributed by atoms with Crippen LogP contribution in [-0.4, -0.2) is 66.3 Å². The molecule has 0 amide bonds. The van der Waals surface area contributed by atoms with E-state index in [0.717, 1.165) is 0 Å². The quantitative estimate of drug-likeness (QED) is 0.535. The van der Waals surface area contributed by atoms with Gasteiger partial charge in [-0.25, -0.2) is 0 Å². The topological polar surface area (TPSA) is 88.4 Å². The lowest BCUT2D eigenvalue weighted by atomic mass is 9.99. The lowest BCUT2D eigenvalue weighted by Crippen LogP contribution is -2.59. The van der Waals surface area contributed by atoms with E-state index in [2.05, 4.69) is 0 Å². The van der Waals surface area contributed by atoms with E-state index >= 15 is 0 Å². The second kappa shape index (κ2) is 5.74. The van der Waals surface area contributed by atoms with Crippen LogP contribution < -0.4 is 0 Å². The van der Waals surface area contributed by atoms with Crippen molar-refractivity contribution in [3.8, 4) is 0 Å². The second-order valence-corrected chi connectivity index (χ2v) is 3.36. The predicted octanol–water partition coefficient (Wildman–Crippen LogP) is -1.52. The third-order valence-corrected chi connectivity index (χ3v) is 2.42. The average molecular weight is 222 g/mol. The van der Waals surface area contributed by atoms with Crippen molar-refractivity contribution in [3.63, 3.8) is 0 Å². The molecule has 1 aliphatic heterocycles. The molecule has 5 atom stereocenters. The number of aliphatic hydroxyl groups is 3. The number of hydrogen-bond donors (Lipinski definition) is 3. The minimum Gasteiger partial charge on any atom is -0.394 e. The van der Waals surface area contributed by atoms with Crippen LogP contribution in [0.5, 0.6) is 0 Å². The summed E-state index contributed by atoms with van der Waals surface area (Å²) in [5.41, 5.74) is 0. The first-order chi connectivity index (χ1) is 7.15. The van der Waals surface area contributed by atoms with Crippen molar-refractivity contribution < 1.29 is 29.5 Å². The summed E-state index contributed by atoms with van der Waals surface area (Å²) in [6.07, 6.45) is -4.65. The monoisotopic (exact) mass is 222 g/mol.